The first-order valence-electron chi connectivity index (χ1n) is 10.2. The van der Waals surface area contributed by atoms with Crippen LogP contribution in [-0.4, -0.2) is 41.5 Å². The van der Waals surface area contributed by atoms with Crippen LogP contribution in [0.1, 0.15) is 62.5 Å². The van der Waals surface area contributed by atoms with Gasteiger partial charge in [-0.15, -0.1) is 0 Å². The number of aryl methyl sites for hydroxylation is 2. The molecule has 1 N–H and O–H groups in total. The number of unbranched alkanes of at least 4 members (excludes halogenated alkanes) is 2. The van der Waals surface area contributed by atoms with Crippen molar-refractivity contribution >= 4 is 5.91 Å². The van der Waals surface area contributed by atoms with Crippen LogP contribution in [0.2, 0.25) is 0 Å². The predicted octanol–water partition coefficient (Wildman–Crippen LogP) is 2.98. The number of rotatable bonds is 9. The van der Waals surface area contributed by atoms with Gasteiger partial charge in [0.15, 0.2) is 23.1 Å². The van der Waals surface area contributed by atoms with Crippen molar-refractivity contribution in [3.63, 3.8) is 0 Å². The number of nitrogens with zero attached hydrogens (tertiary/aromatic N) is 3. The largest absolute Gasteiger partial charge is 0.493 e. The minimum Gasteiger partial charge on any atom is -0.493 e. The Bertz CT molecular complexity index is 836. The number of methoxy groups -OCH3 is 2. The molecule has 8 nitrogen and oxygen atoms in total. The summed E-state index contributed by atoms with van der Waals surface area (Å²) in [4.78, 5) is 16.9. The maximum atomic E-state index is 12.1. The third kappa shape index (κ3) is 4.70. The Morgan fingerprint density at radius 3 is 2.69 bits per heavy atom. The van der Waals surface area contributed by atoms with Crippen LogP contribution < -0.4 is 14.8 Å². The molecule has 0 saturated carbocycles. The van der Waals surface area contributed by atoms with E-state index in [9.17, 15) is 4.79 Å². The number of morpholine rings is 1. The van der Waals surface area contributed by atoms with Crippen molar-refractivity contribution in [3.8, 4) is 11.5 Å². The average molecular weight is 402 g/mol. The zero-order valence-corrected chi connectivity index (χ0v) is 17.6. The first kappa shape index (κ1) is 21.1. The van der Waals surface area contributed by atoms with Crippen LogP contribution in [0.5, 0.6) is 11.5 Å². The molecule has 1 fully saturated rings. The van der Waals surface area contributed by atoms with Crippen LogP contribution in [0.15, 0.2) is 18.2 Å². The quantitative estimate of drug-likeness (QED) is 0.649. The topological polar surface area (TPSA) is 87.5 Å². The Kier molecular flexibility index (Phi) is 7.09. The lowest BCUT2D eigenvalue weighted by molar-refractivity contribution is -0.138. The van der Waals surface area contributed by atoms with E-state index in [2.05, 4.69) is 17.3 Å². The van der Waals surface area contributed by atoms with Crippen molar-refractivity contribution in [2.45, 2.75) is 58.2 Å². The number of carbonyl (C=O) groups excluding carboxylic acids is 1. The Hall–Kier alpha value is -2.61. The van der Waals surface area contributed by atoms with Gasteiger partial charge in [0.25, 0.3) is 0 Å². The minimum absolute atomic E-state index is 0.00377. The number of ether oxygens (including phenoxy) is 3. The normalized spacial score (nSPS) is 19.1. The molecule has 0 radical (unpaired) electrons. The SMILES string of the molecule is CCCCCc1nc([C@H]2OCC(=O)N[C@@H]2c2ccc(OC)c(OC)c2)n(CC)n1. The van der Waals surface area contributed by atoms with Gasteiger partial charge in [0.2, 0.25) is 5.91 Å². The van der Waals surface area contributed by atoms with E-state index in [-0.39, 0.29) is 12.5 Å². The Labute approximate surface area is 171 Å². The molecule has 158 valence electrons. The Morgan fingerprint density at radius 2 is 2.00 bits per heavy atom. The number of nitrogens with one attached hydrogen (secondary N) is 1. The number of benzene rings is 1. The standard InChI is InChI=1S/C21H30N4O4/c1-5-7-8-9-17-22-21(25(6-2)24-17)20-19(23-18(26)13-29-20)14-10-11-15(27-3)16(12-14)28-4/h10-12,19-20H,5-9,13H2,1-4H3,(H,23,26)/t19-,20+/m1/s1. The molecule has 0 bridgehead atoms. The van der Waals surface area contributed by atoms with Crippen LogP contribution in [0.3, 0.4) is 0 Å². The van der Waals surface area contributed by atoms with Gasteiger partial charge in [0.05, 0.1) is 20.3 Å². The van der Waals surface area contributed by atoms with E-state index >= 15 is 0 Å². The van der Waals surface area contributed by atoms with Crippen LogP contribution in [0.25, 0.3) is 0 Å². The highest BCUT2D eigenvalue weighted by Gasteiger charge is 2.36. The van der Waals surface area contributed by atoms with E-state index in [1.165, 1.54) is 0 Å². The average Bonchev–Trinajstić information content (AvgIpc) is 3.16. The smallest absolute Gasteiger partial charge is 0.246 e. The van der Waals surface area contributed by atoms with Crippen molar-refractivity contribution in [1.82, 2.24) is 20.1 Å². The fourth-order valence-corrected chi connectivity index (χ4v) is 3.57. The van der Waals surface area contributed by atoms with E-state index in [0.717, 1.165) is 42.9 Å². The van der Waals surface area contributed by atoms with E-state index in [0.29, 0.717) is 18.0 Å². The third-order valence-corrected chi connectivity index (χ3v) is 5.08. The van der Waals surface area contributed by atoms with Gasteiger partial charge in [0, 0.05) is 13.0 Å². The van der Waals surface area contributed by atoms with Crippen molar-refractivity contribution in [2.24, 2.45) is 0 Å². The Balaban J connectivity index is 1.93. The molecule has 2 atom stereocenters. The first-order chi connectivity index (χ1) is 14.1. The molecule has 1 aromatic heterocycles. The molecule has 1 saturated heterocycles. The molecule has 3 rings (SSSR count). The van der Waals surface area contributed by atoms with Crippen LogP contribution in [0.4, 0.5) is 0 Å². The fraction of sp³-hybridized carbons (Fsp3) is 0.571. The zero-order chi connectivity index (χ0) is 20.8. The van der Waals surface area contributed by atoms with Gasteiger partial charge < -0.3 is 19.5 Å². The molecule has 2 aromatic rings. The van der Waals surface area contributed by atoms with Crippen LogP contribution in [0, 0.1) is 0 Å². The predicted molar refractivity (Wildman–Crippen MR) is 108 cm³/mol. The fourth-order valence-electron chi connectivity index (χ4n) is 3.57. The highest BCUT2D eigenvalue weighted by Crippen LogP contribution is 2.37. The summed E-state index contributed by atoms with van der Waals surface area (Å²) in [5.74, 6) is 2.62. The van der Waals surface area contributed by atoms with Crippen molar-refractivity contribution in [3.05, 3.63) is 35.4 Å². The summed E-state index contributed by atoms with van der Waals surface area (Å²) in [6.45, 7) is 4.88. The number of hydrogen-bond donors (Lipinski definition) is 1. The second-order valence-electron chi connectivity index (χ2n) is 7.05. The van der Waals surface area contributed by atoms with Crippen LogP contribution >= 0.6 is 0 Å². The lowest BCUT2D eigenvalue weighted by Gasteiger charge is -2.32. The second-order valence-corrected chi connectivity index (χ2v) is 7.05. The van der Waals surface area contributed by atoms with Gasteiger partial charge >= 0.3 is 0 Å². The molecule has 2 heterocycles. The summed E-state index contributed by atoms with van der Waals surface area (Å²) in [6.07, 6.45) is 3.78. The molecular formula is C21H30N4O4. The molecule has 29 heavy (non-hydrogen) atoms. The summed E-state index contributed by atoms with van der Waals surface area (Å²) in [5, 5.41) is 7.69. The maximum absolute atomic E-state index is 12.1. The van der Waals surface area contributed by atoms with E-state index < -0.39 is 12.1 Å². The number of aromatic nitrogens is 3. The number of carbonyl (C=O) groups is 1. The van der Waals surface area contributed by atoms with Crippen molar-refractivity contribution in [1.29, 1.82) is 0 Å². The van der Waals surface area contributed by atoms with Gasteiger partial charge in [-0.3, -0.25) is 4.79 Å². The first-order valence-corrected chi connectivity index (χ1v) is 10.2. The van der Waals surface area contributed by atoms with E-state index in [1.807, 2.05) is 29.8 Å². The molecule has 8 heteroatoms. The molecule has 1 amide bonds. The molecule has 1 aliphatic heterocycles. The highest BCUT2D eigenvalue weighted by molar-refractivity contribution is 5.78. The number of amides is 1. The Morgan fingerprint density at radius 1 is 1.21 bits per heavy atom. The summed E-state index contributed by atoms with van der Waals surface area (Å²) >= 11 is 0. The van der Waals surface area contributed by atoms with Gasteiger partial charge in [0.1, 0.15) is 12.7 Å². The highest BCUT2D eigenvalue weighted by atomic mass is 16.5. The lowest BCUT2D eigenvalue weighted by atomic mass is 9.98. The second kappa shape index (κ2) is 9.73. The summed E-state index contributed by atoms with van der Waals surface area (Å²) < 4.78 is 18.6. The van der Waals surface area contributed by atoms with Crippen molar-refractivity contribution < 1.29 is 19.0 Å². The van der Waals surface area contributed by atoms with Gasteiger partial charge in [-0.1, -0.05) is 25.8 Å². The molecule has 1 aliphatic rings. The molecule has 0 aliphatic carbocycles. The summed E-state index contributed by atoms with van der Waals surface area (Å²) in [5.41, 5.74) is 0.860. The lowest BCUT2D eigenvalue weighted by Crippen LogP contribution is -2.42. The van der Waals surface area contributed by atoms with Crippen LogP contribution in [-0.2, 0) is 22.5 Å². The van der Waals surface area contributed by atoms with Crippen molar-refractivity contribution in [2.75, 3.05) is 20.8 Å². The van der Waals surface area contributed by atoms with E-state index in [1.54, 1.807) is 14.2 Å². The van der Waals surface area contributed by atoms with Gasteiger partial charge in [-0.2, -0.15) is 5.10 Å². The monoisotopic (exact) mass is 402 g/mol. The van der Waals surface area contributed by atoms with Gasteiger partial charge in [-0.05, 0) is 31.0 Å². The number of hydrogen-bond acceptors (Lipinski definition) is 6. The maximum Gasteiger partial charge on any atom is 0.246 e. The zero-order valence-electron chi connectivity index (χ0n) is 17.6. The molecule has 0 unspecified atom stereocenters. The summed E-state index contributed by atoms with van der Waals surface area (Å²) in [7, 11) is 3.18. The molecular weight excluding hydrogens is 372 g/mol. The van der Waals surface area contributed by atoms with Gasteiger partial charge in [-0.25, -0.2) is 9.67 Å². The van der Waals surface area contributed by atoms with E-state index in [4.69, 9.17) is 19.2 Å². The molecule has 1 aromatic carbocycles. The third-order valence-electron chi connectivity index (χ3n) is 5.08. The minimum atomic E-state index is -0.432. The summed E-state index contributed by atoms with van der Waals surface area (Å²) in [6, 6.07) is 5.20. The molecule has 0 spiro atoms.